The van der Waals surface area contributed by atoms with Gasteiger partial charge in [-0.2, -0.15) is 0 Å². The summed E-state index contributed by atoms with van der Waals surface area (Å²) >= 11 is 0. The number of ether oxygens (including phenoxy) is 1. The minimum Gasteiger partial charge on any atom is -0.495 e. The summed E-state index contributed by atoms with van der Waals surface area (Å²) in [6.07, 6.45) is 3.95. The van der Waals surface area contributed by atoms with Crippen LogP contribution in [0.1, 0.15) is 68.3 Å². The molecule has 31 heavy (non-hydrogen) atoms. The number of anilines is 1. The first-order chi connectivity index (χ1) is 14.7. The highest BCUT2D eigenvalue weighted by molar-refractivity contribution is 7.89. The van der Waals surface area contributed by atoms with E-state index in [0.717, 1.165) is 25.7 Å². The van der Waals surface area contributed by atoms with E-state index in [1.54, 1.807) is 6.07 Å². The van der Waals surface area contributed by atoms with Crippen molar-refractivity contribution in [2.75, 3.05) is 12.4 Å². The van der Waals surface area contributed by atoms with Gasteiger partial charge in [0.15, 0.2) is 0 Å². The van der Waals surface area contributed by atoms with Gasteiger partial charge >= 0.3 is 0 Å². The van der Waals surface area contributed by atoms with Crippen LogP contribution in [0.5, 0.6) is 5.75 Å². The zero-order chi connectivity index (χ0) is 22.6. The number of methoxy groups -OCH3 is 1. The number of benzene rings is 2. The monoisotopic (exact) mass is 444 g/mol. The van der Waals surface area contributed by atoms with Crippen LogP contribution in [0.3, 0.4) is 0 Å². The van der Waals surface area contributed by atoms with Gasteiger partial charge in [0.2, 0.25) is 10.0 Å². The molecule has 3 rings (SSSR count). The summed E-state index contributed by atoms with van der Waals surface area (Å²) < 4.78 is 34.4. The Labute approximate surface area is 185 Å². The predicted molar refractivity (Wildman–Crippen MR) is 123 cm³/mol. The zero-order valence-corrected chi connectivity index (χ0v) is 19.5. The number of sulfonamides is 1. The van der Waals surface area contributed by atoms with Crippen LogP contribution in [0.2, 0.25) is 0 Å². The summed E-state index contributed by atoms with van der Waals surface area (Å²) in [5, 5.41) is 2.83. The van der Waals surface area contributed by atoms with Gasteiger partial charge < -0.3 is 10.1 Å². The number of nitrogens with one attached hydrogen (secondary N) is 2. The molecule has 2 aromatic carbocycles. The highest BCUT2D eigenvalue weighted by Crippen LogP contribution is 2.29. The molecule has 0 saturated heterocycles. The van der Waals surface area contributed by atoms with E-state index in [0.29, 0.717) is 11.6 Å². The normalized spacial score (nSPS) is 19.3. The Morgan fingerprint density at radius 1 is 1.06 bits per heavy atom. The molecule has 0 heterocycles. The van der Waals surface area contributed by atoms with Crippen molar-refractivity contribution in [2.45, 2.75) is 63.3 Å². The average molecular weight is 445 g/mol. The van der Waals surface area contributed by atoms with Gasteiger partial charge in [-0.3, -0.25) is 4.79 Å². The molecule has 1 fully saturated rings. The lowest BCUT2D eigenvalue weighted by molar-refractivity contribution is 0.102. The minimum atomic E-state index is -3.83. The summed E-state index contributed by atoms with van der Waals surface area (Å²) in [4.78, 5) is 12.8. The highest BCUT2D eigenvalue weighted by Gasteiger charge is 2.29. The van der Waals surface area contributed by atoms with Crippen LogP contribution in [0.25, 0.3) is 0 Å². The highest BCUT2D eigenvalue weighted by atomic mass is 32.2. The SMILES string of the molecule is COc1ccc(C(=O)Nc2ccc(C(C)C)cc2)cc1S(=O)(=O)N[C@H]1CCCC[C@H]1C. The molecule has 0 aromatic heterocycles. The summed E-state index contributed by atoms with van der Waals surface area (Å²) in [5.74, 6) is 0.518. The predicted octanol–water partition coefficient (Wildman–Crippen LogP) is 4.93. The number of hydrogen-bond acceptors (Lipinski definition) is 4. The molecule has 1 amide bonds. The standard InChI is InChI=1S/C24H32N2O4S/c1-16(2)18-9-12-20(13-10-18)25-24(27)19-11-14-22(30-4)23(15-19)31(28,29)26-21-8-6-5-7-17(21)3/h9-17,21,26H,5-8H2,1-4H3,(H,25,27)/t17-,21+/m1/s1. The van der Waals surface area contributed by atoms with Crippen molar-refractivity contribution < 1.29 is 17.9 Å². The Hall–Kier alpha value is -2.38. The molecule has 0 unspecified atom stereocenters. The van der Waals surface area contributed by atoms with Crippen molar-refractivity contribution in [1.82, 2.24) is 4.72 Å². The van der Waals surface area contributed by atoms with Crippen LogP contribution in [0.15, 0.2) is 47.4 Å². The van der Waals surface area contributed by atoms with Gasteiger partial charge in [-0.25, -0.2) is 13.1 Å². The largest absolute Gasteiger partial charge is 0.495 e. The van der Waals surface area contributed by atoms with E-state index in [1.807, 2.05) is 24.3 Å². The molecule has 6 nitrogen and oxygen atoms in total. The Kier molecular flexibility index (Phi) is 7.38. The Morgan fingerprint density at radius 2 is 1.74 bits per heavy atom. The van der Waals surface area contributed by atoms with Gasteiger partial charge in [0.25, 0.3) is 5.91 Å². The van der Waals surface area contributed by atoms with E-state index in [9.17, 15) is 13.2 Å². The quantitative estimate of drug-likeness (QED) is 0.634. The van der Waals surface area contributed by atoms with E-state index >= 15 is 0 Å². The molecule has 2 N–H and O–H groups in total. The van der Waals surface area contributed by atoms with Gasteiger partial charge in [0.05, 0.1) is 7.11 Å². The van der Waals surface area contributed by atoms with E-state index in [1.165, 1.54) is 24.8 Å². The maximum atomic E-state index is 13.1. The van der Waals surface area contributed by atoms with Crippen molar-refractivity contribution in [3.63, 3.8) is 0 Å². The van der Waals surface area contributed by atoms with Crippen LogP contribution in [0, 0.1) is 5.92 Å². The van der Waals surface area contributed by atoms with E-state index < -0.39 is 10.0 Å². The van der Waals surface area contributed by atoms with Gasteiger partial charge in [0.1, 0.15) is 10.6 Å². The Bertz CT molecular complexity index is 1020. The molecule has 0 aliphatic heterocycles. The number of rotatable bonds is 7. The molecule has 7 heteroatoms. The Balaban J connectivity index is 1.82. The van der Waals surface area contributed by atoms with Crippen molar-refractivity contribution in [2.24, 2.45) is 5.92 Å². The molecule has 0 spiro atoms. The summed E-state index contributed by atoms with van der Waals surface area (Å²) in [5.41, 5.74) is 2.09. The third kappa shape index (κ3) is 5.66. The van der Waals surface area contributed by atoms with Crippen LogP contribution in [-0.2, 0) is 10.0 Å². The lowest BCUT2D eigenvalue weighted by Gasteiger charge is -2.29. The Morgan fingerprint density at radius 3 is 2.35 bits per heavy atom. The smallest absolute Gasteiger partial charge is 0.255 e. The lowest BCUT2D eigenvalue weighted by Crippen LogP contribution is -2.41. The number of hydrogen-bond donors (Lipinski definition) is 2. The van der Waals surface area contributed by atoms with Crippen LogP contribution in [-0.4, -0.2) is 27.5 Å². The van der Waals surface area contributed by atoms with E-state index in [2.05, 4.69) is 30.8 Å². The molecule has 2 aromatic rings. The number of amides is 1. The molecule has 0 bridgehead atoms. The third-order valence-corrected chi connectivity index (χ3v) is 7.48. The summed E-state index contributed by atoms with van der Waals surface area (Å²) in [6.45, 7) is 6.28. The molecule has 0 radical (unpaired) electrons. The van der Waals surface area contributed by atoms with Crippen molar-refractivity contribution >= 4 is 21.6 Å². The molecule has 2 atom stereocenters. The molecule has 168 valence electrons. The second-order valence-electron chi connectivity index (χ2n) is 8.59. The van der Waals surface area contributed by atoms with Gasteiger partial charge in [0, 0.05) is 17.3 Å². The number of carbonyl (C=O) groups excluding carboxylic acids is 1. The van der Waals surface area contributed by atoms with Crippen LogP contribution >= 0.6 is 0 Å². The topological polar surface area (TPSA) is 84.5 Å². The lowest BCUT2D eigenvalue weighted by atomic mass is 9.87. The first kappa shape index (κ1) is 23.3. The van der Waals surface area contributed by atoms with Gasteiger partial charge in [-0.1, -0.05) is 45.7 Å². The zero-order valence-electron chi connectivity index (χ0n) is 18.6. The fraction of sp³-hybridized carbons (Fsp3) is 0.458. The molecule has 1 saturated carbocycles. The first-order valence-corrected chi connectivity index (χ1v) is 12.3. The fourth-order valence-corrected chi connectivity index (χ4v) is 5.51. The first-order valence-electron chi connectivity index (χ1n) is 10.8. The second-order valence-corrected chi connectivity index (χ2v) is 10.3. The third-order valence-electron chi connectivity index (χ3n) is 5.97. The van der Waals surface area contributed by atoms with E-state index in [-0.39, 0.29) is 34.1 Å². The average Bonchev–Trinajstić information content (AvgIpc) is 2.75. The van der Waals surface area contributed by atoms with Crippen molar-refractivity contribution in [3.8, 4) is 5.75 Å². The maximum absolute atomic E-state index is 13.1. The molecule has 1 aliphatic rings. The summed E-state index contributed by atoms with van der Waals surface area (Å²) in [7, 11) is -2.41. The van der Waals surface area contributed by atoms with Crippen molar-refractivity contribution in [3.05, 3.63) is 53.6 Å². The van der Waals surface area contributed by atoms with Gasteiger partial charge in [-0.15, -0.1) is 0 Å². The maximum Gasteiger partial charge on any atom is 0.255 e. The minimum absolute atomic E-state index is 0.0180. The second kappa shape index (κ2) is 9.83. The van der Waals surface area contributed by atoms with Crippen molar-refractivity contribution in [1.29, 1.82) is 0 Å². The molecule has 1 aliphatic carbocycles. The van der Waals surface area contributed by atoms with Crippen LogP contribution < -0.4 is 14.8 Å². The van der Waals surface area contributed by atoms with E-state index in [4.69, 9.17) is 4.74 Å². The molecular formula is C24H32N2O4S. The van der Waals surface area contributed by atoms with Crippen LogP contribution in [0.4, 0.5) is 5.69 Å². The summed E-state index contributed by atoms with van der Waals surface area (Å²) in [6, 6.07) is 12.0. The fourth-order valence-electron chi connectivity index (χ4n) is 3.94. The number of carbonyl (C=O) groups is 1. The molecular weight excluding hydrogens is 412 g/mol. The van der Waals surface area contributed by atoms with Gasteiger partial charge in [-0.05, 0) is 60.6 Å².